The van der Waals surface area contributed by atoms with Gasteiger partial charge in [0.05, 0.1) is 19.5 Å². The second-order valence-electron chi connectivity index (χ2n) is 3.70. The van der Waals surface area contributed by atoms with Crippen molar-refractivity contribution < 1.29 is 14.6 Å². The summed E-state index contributed by atoms with van der Waals surface area (Å²) in [6, 6.07) is 0. The van der Waals surface area contributed by atoms with Crippen molar-refractivity contribution in [3.8, 4) is 5.75 Å². The van der Waals surface area contributed by atoms with E-state index in [1.165, 1.54) is 4.90 Å². The number of carbonyl (C=O) groups is 1. The highest BCUT2D eigenvalue weighted by atomic mass is 16.5. The minimum absolute atomic E-state index is 0.0991. The van der Waals surface area contributed by atoms with Crippen molar-refractivity contribution in [3.63, 3.8) is 0 Å². The first-order valence-electron chi connectivity index (χ1n) is 5.04. The fourth-order valence-electron chi connectivity index (χ4n) is 1.79. The predicted molar refractivity (Wildman–Crippen MR) is 55.5 cm³/mol. The third-order valence-corrected chi connectivity index (χ3v) is 2.71. The van der Waals surface area contributed by atoms with Crippen LogP contribution in [0, 0.1) is 0 Å². The number of carboxylic acid groups (broad SMARTS) is 1. The van der Waals surface area contributed by atoms with Crippen LogP contribution in [0.1, 0.15) is 18.2 Å². The lowest BCUT2D eigenvalue weighted by Crippen LogP contribution is -2.26. The molecular formula is C10H13N3O3. The topological polar surface area (TPSA) is 75.5 Å². The summed E-state index contributed by atoms with van der Waals surface area (Å²) in [4.78, 5) is 20.5. The van der Waals surface area contributed by atoms with Crippen LogP contribution in [0.2, 0.25) is 0 Å². The van der Waals surface area contributed by atoms with Gasteiger partial charge in [-0.15, -0.1) is 0 Å². The van der Waals surface area contributed by atoms with E-state index in [0.717, 1.165) is 6.42 Å². The van der Waals surface area contributed by atoms with E-state index in [4.69, 9.17) is 9.84 Å². The Labute approximate surface area is 92.9 Å². The fraction of sp³-hybridized carbons (Fsp3) is 0.500. The quantitative estimate of drug-likeness (QED) is 0.807. The molecule has 0 aromatic carbocycles. The molecule has 6 heteroatoms. The monoisotopic (exact) mass is 223 g/mol. The van der Waals surface area contributed by atoms with Crippen molar-refractivity contribution >= 4 is 6.09 Å². The predicted octanol–water partition coefficient (Wildman–Crippen LogP) is 0.952. The lowest BCUT2D eigenvalue weighted by molar-refractivity contribution is 0.155. The molecule has 0 saturated carbocycles. The summed E-state index contributed by atoms with van der Waals surface area (Å²) in [5, 5.41) is 8.83. The molecule has 1 N–H and O–H groups in total. The van der Waals surface area contributed by atoms with Crippen LogP contribution in [0.5, 0.6) is 5.75 Å². The second-order valence-corrected chi connectivity index (χ2v) is 3.70. The molecule has 1 unspecified atom stereocenters. The average Bonchev–Trinajstić information content (AvgIpc) is 2.78. The van der Waals surface area contributed by atoms with Gasteiger partial charge in [-0.2, -0.15) is 0 Å². The Kier molecular flexibility index (Phi) is 2.89. The van der Waals surface area contributed by atoms with Crippen molar-refractivity contribution in [1.29, 1.82) is 0 Å². The van der Waals surface area contributed by atoms with Gasteiger partial charge in [0.15, 0.2) is 5.75 Å². The number of amides is 1. The molecule has 6 nitrogen and oxygen atoms in total. The van der Waals surface area contributed by atoms with E-state index < -0.39 is 6.09 Å². The molecule has 1 amide bonds. The average molecular weight is 223 g/mol. The van der Waals surface area contributed by atoms with Crippen molar-refractivity contribution in [2.24, 2.45) is 0 Å². The number of rotatable bonds is 2. The van der Waals surface area contributed by atoms with Gasteiger partial charge in [-0.3, -0.25) is 0 Å². The smallest absolute Gasteiger partial charge is 0.407 e. The number of hydrogen-bond donors (Lipinski definition) is 1. The molecule has 1 aromatic heterocycles. The van der Waals surface area contributed by atoms with Crippen LogP contribution in [0.3, 0.4) is 0 Å². The van der Waals surface area contributed by atoms with Gasteiger partial charge in [0.25, 0.3) is 0 Å². The second kappa shape index (κ2) is 4.34. The Bertz CT molecular complexity index is 379. The Morgan fingerprint density at radius 2 is 2.25 bits per heavy atom. The molecule has 2 rings (SSSR count). The van der Waals surface area contributed by atoms with Gasteiger partial charge >= 0.3 is 6.09 Å². The highest BCUT2D eigenvalue weighted by molar-refractivity contribution is 5.65. The van der Waals surface area contributed by atoms with Gasteiger partial charge in [0.2, 0.25) is 0 Å². The van der Waals surface area contributed by atoms with Crippen molar-refractivity contribution in [1.82, 2.24) is 14.9 Å². The zero-order valence-corrected chi connectivity index (χ0v) is 8.96. The highest BCUT2D eigenvalue weighted by Gasteiger charge is 2.28. The lowest BCUT2D eigenvalue weighted by atomic mass is 10.1. The molecule has 0 radical (unpaired) electrons. The van der Waals surface area contributed by atoms with Crippen LogP contribution in [-0.2, 0) is 0 Å². The van der Waals surface area contributed by atoms with E-state index >= 15 is 0 Å². The fourth-order valence-corrected chi connectivity index (χ4v) is 1.79. The summed E-state index contributed by atoms with van der Waals surface area (Å²) in [5.41, 5.74) is 0. The first-order valence-corrected chi connectivity index (χ1v) is 5.04. The van der Waals surface area contributed by atoms with E-state index in [9.17, 15) is 4.79 Å². The van der Waals surface area contributed by atoms with E-state index in [1.54, 1.807) is 19.5 Å². The van der Waals surface area contributed by atoms with Crippen LogP contribution >= 0.6 is 0 Å². The van der Waals surface area contributed by atoms with Crippen LogP contribution in [0.25, 0.3) is 0 Å². The summed E-state index contributed by atoms with van der Waals surface area (Å²) < 4.78 is 4.96. The Morgan fingerprint density at radius 1 is 1.56 bits per heavy atom. The maximum Gasteiger partial charge on any atom is 0.407 e. The molecule has 86 valence electrons. The molecule has 16 heavy (non-hydrogen) atoms. The van der Waals surface area contributed by atoms with Crippen molar-refractivity contribution in [2.75, 3.05) is 20.2 Å². The van der Waals surface area contributed by atoms with Gasteiger partial charge in [0.1, 0.15) is 5.82 Å². The van der Waals surface area contributed by atoms with Crippen LogP contribution in [0.15, 0.2) is 12.4 Å². The first kappa shape index (κ1) is 10.7. The molecule has 1 aromatic rings. The number of likely N-dealkylation sites (tertiary alicyclic amines) is 1. The van der Waals surface area contributed by atoms with Gasteiger partial charge in [-0.1, -0.05) is 0 Å². The number of nitrogens with zero attached hydrogens (tertiary/aromatic N) is 3. The zero-order chi connectivity index (χ0) is 11.5. The molecule has 2 heterocycles. The SMILES string of the molecule is COc1cnc(C2CCN(C(=O)O)C2)nc1. The van der Waals surface area contributed by atoms with Gasteiger partial charge < -0.3 is 14.7 Å². The van der Waals surface area contributed by atoms with Gasteiger partial charge in [-0.25, -0.2) is 14.8 Å². The molecule has 0 bridgehead atoms. The largest absolute Gasteiger partial charge is 0.494 e. The van der Waals surface area contributed by atoms with Gasteiger partial charge in [-0.05, 0) is 6.42 Å². The summed E-state index contributed by atoms with van der Waals surface area (Å²) in [6.07, 6.45) is 3.10. The number of ether oxygens (including phenoxy) is 1. The maximum atomic E-state index is 10.7. The standard InChI is InChI=1S/C10H13N3O3/c1-16-8-4-11-9(12-5-8)7-2-3-13(6-7)10(14)15/h4-5,7H,2-3,6H2,1H3,(H,14,15). The molecule has 0 spiro atoms. The van der Waals surface area contributed by atoms with Gasteiger partial charge in [0, 0.05) is 19.0 Å². The minimum Gasteiger partial charge on any atom is -0.494 e. The normalized spacial score (nSPS) is 19.8. The minimum atomic E-state index is -0.879. The molecule has 1 aliphatic rings. The molecule has 1 aliphatic heterocycles. The van der Waals surface area contributed by atoms with Crippen molar-refractivity contribution in [2.45, 2.75) is 12.3 Å². The van der Waals surface area contributed by atoms with E-state index in [1.807, 2.05) is 0 Å². The maximum absolute atomic E-state index is 10.7. The molecule has 0 aliphatic carbocycles. The first-order chi connectivity index (χ1) is 7.70. The molecule has 1 fully saturated rings. The van der Waals surface area contributed by atoms with E-state index in [2.05, 4.69) is 9.97 Å². The summed E-state index contributed by atoms with van der Waals surface area (Å²) in [6.45, 7) is 1.02. The Balaban J connectivity index is 2.05. The highest BCUT2D eigenvalue weighted by Crippen LogP contribution is 2.24. The zero-order valence-electron chi connectivity index (χ0n) is 8.96. The Morgan fingerprint density at radius 3 is 2.75 bits per heavy atom. The number of hydrogen-bond acceptors (Lipinski definition) is 4. The summed E-state index contributed by atoms with van der Waals surface area (Å²) in [7, 11) is 1.56. The molecule has 1 atom stereocenters. The van der Waals surface area contributed by atoms with Crippen LogP contribution < -0.4 is 4.74 Å². The molecular weight excluding hydrogens is 210 g/mol. The van der Waals surface area contributed by atoms with Crippen LogP contribution in [-0.4, -0.2) is 46.3 Å². The van der Waals surface area contributed by atoms with E-state index in [-0.39, 0.29) is 5.92 Å². The number of aromatic nitrogens is 2. The van der Waals surface area contributed by atoms with Crippen molar-refractivity contribution in [3.05, 3.63) is 18.2 Å². The lowest BCUT2D eigenvalue weighted by Gasteiger charge is -2.11. The van der Waals surface area contributed by atoms with E-state index in [0.29, 0.717) is 24.7 Å². The third-order valence-electron chi connectivity index (χ3n) is 2.71. The Hall–Kier alpha value is -1.85. The number of methoxy groups -OCH3 is 1. The summed E-state index contributed by atoms with van der Waals surface area (Å²) in [5.74, 6) is 1.39. The molecule has 1 saturated heterocycles. The van der Waals surface area contributed by atoms with Crippen LogP contribution in [0.4, 0.5) is 4.79 Å². The third kappa shape index (κ3) is 2.05. The summed E-state index contributed by atoms with van der Waals surface area (Å²) >= 11 is 0.